The molecule has 88 valence electrons. The lowest BCUT2D eigenvalue weighted by molar-refractivity contribution is 0.0990. The summed E-state index contributed by atoms with van der Waals surface area (Å²) in [5.41, 5.74) is 6.55. The largest absolute Gasteiger partial charge is 0.403 e. The van der Waals surface area contributed by atoms with E-state index in [4.69, 9.17) is 10.2 Å². The fourth-order valence-corrected chi connectivity index (χ4v) is 1.67. The van der Waals surface area contributed by atoms with Gasteiger partial charge in [-0.15, -0.1) is 0 Å². The van der Waals surface area contributed by atoms with Gasteiger partial charge in [-0.25, -0.2) is 9.78 Å². The van der Waals surface area contributed by atoms with Crippen LogP contribution in [-0.4, -0.2) is 15.9 Å². The van der Waals surface area contributed by atoms with Crippen LogP contribution in [-0.2, 0) is 0 Å². The Bertz CT molecular complexity index is 688. The van der Waals surface area contributed by atoms with Crippen molar-refractivity contribution < 1.29 is 9.21 Å². The second kappa shape index (κ2) is 3.65. The molecule has 2 rings (SSSR count). The lowest BCUT2D eigenvalue weighted by Gasteiger charge is -2.06. The molecule has 17 heavy (non-hydrogen) atoms. The van der Waals surface area contributed by atoms with Crippen LogP contribution in [0.1, 0.15) is 27.4 Å². The maximum atomic E-state index is 11.5. The second-order valence-electron chi connectivity index (χ2n) is 3.82. The van der Waals surface area contributed by atoms with Gasteiger partial charge in [0.1, 0.15) is 0 Å². The molecule has 0 aliphatic heterocycles. The SMILES string of the molecule is Cc1c(C)c2c(C)nc(C(N)=O)nc2oc1=O. The molecule has 1 amide bonds. The van der Waals surface area contributed by atoms with Crippen LogP contribution in [0.4, 0.5) is 0 Å². The van der Waals surface area contributed by atoms with Crippen molar-refractivity contribution in [3.8, 4) is 0 Å². The molecule has 2 aromatic rings. The van der Waals surface area contributed by atoms with Crippen molar-refractivity contribution in [3.63, 3.8) is 0 Å². The topological polar surface area (TPSA) is 99.1 Å². The van der Waals surface area contributed by atoms with Crippen LogP contribution in [0.3, 0.4) is 0 Å². The van der Waals surface area contributed by atoms with Crippen LogP contribution in [0.5, 0.6) is 0 Å². The third-order valence-corrected chi connectivity index (χ3v) is 2.71. The molecule has 2 aromatic heterocycles. The predicted octanol–water partition coefficient (Wildman–Crippen LogP) is 0.607. The monoisotopic (exact) mass is 233 g/mol. The van der Waals surface area contributed by atoms with Crippen molar-refractivity contribution in [3.05, 3.63) is 33.1 Å². The number of aromatic nitrogens is 2. The summed E-state index contributed by atoms with van der Waals surface area (Å²) >= 11 is 0. The normalized spacial score (nSPS) is 10.8. The van der Waals surface area contributed by atoms with E-state index in [0.717, 1.165) is 5.56 Å². The number of hydrogen-bond acceptors (Lipinski definition) is 5. The second-order valence-corrected chi connectivity index (χ2v) is 3.82. The minimum absolute atomic E-state index is 0.0967. The Hall–Kier alpha value is -2.24. The molecule has 0 saturated carbocycles. The van der Waals surface area contributed by atoms with Crippen LogP contribution in [0.15, 0.2) is 9.21 Å². The van der Waals surface area contributed by atoms with Crippen molar-refractivity contribution in [1.82, 2.24) is 9.97 Å². The number of amides is 1. The first-order chi connectivity index (χ1) is 7.91. The average Bonchev–Trinajstić information content (AvgIpc) is 2.25. The number of nitrogens with two attached hydrogens (primary N) is 1. The predicted molar refractivity (Wildman–Crippen MR) is 60.8 cm³/mol. The summed E-state index contributed by atoms with van der Waals surface area (Å²) in [6.45, 7) is 5.17. The number of hydrogen-bond donors (Lipinski definition) is 1. The van der Waals surface area contributed by atoms with Gasteiger partial charge in [0.2, 0.25) is 11.5 Å². The molecule has 0 aromatic carbocycles. The summed E-state index contributed by atoms with van der Waals surface area (Å²) < 4.78 is 5.03. The van der Waals surface area contributed by atoms with E-state index in [2.05, 4.69) is 9.97 Å². The maximum absolute atomic E-state index is 11.5. The minimum atomic E-state index is -0.754. The van der Waals surface area contributed by atoms with Crippen molar-refractivity contribution in [2.75, 3.05) is 0 Å². The van der Waals surface area contributed by atoms with Crippen LogP contribution in [0.25, 0.3) is 11.1 Å². The standard InChI is InChI=1S/C11H11N3O3/c1-4-5(2)11(16)17-10-7(4)6(3)13-9(14-10)8(12)15/h1-3H3,(H2,12,15). The molecule has 6 heteroatoms. The quantitative estimate of drug-likeness (QED) is 0.777. The van der Waals surface area contributed by atoms with Gasteiger partial charge in [0.05, 0.1) is 11.1 Å². The molecule has 0 aliphatic rings. The van der Waals surface area contributed by atoms with Gasteiger partial charge in [0, 0.05) is 5.56 Å². The van der Waals surface area contributed by atoms with E-state index >= 15 is 0 Å². The zero-order chi connectivity index (χ0) is 12.7. The zero-order valence-corrected chi connectivity index (χ0v) is 9.70. The zero-order valence-electron chi connectivity index (χ0n) is 9.70. The highest BCUT2D eigenvalue weighted by atomic mass is 16.4. The van der Waals surface area contributed by atoms with Crippen LogP contribution >= 0.6 is 0 Å². The van der Waals surface area contributed by atoms with Gasteiger partial charge in [-0.1, -0.05) is 0 Å². The van der Waals surface area contributed by atoms with Gasteiger partial charge >= 0.3 is 5.63 Å². The van der Waals surface area contributed by atoms with Gasteiger partial charge in [0.25, 0.3) is 5.91 Å². The first-order valence-corrected chi connectivity index (χ1v) is 5.00. The Morgan fingerprint density at radius 3 is 2.41 bits per heavy atom. The van der Waals surface area contributed by atoms with E-state index in [1.807, 2.05) is 0 Å². The molecule has 0 spiro atoms. The molecule has 0 saturated heterocycles. The van der Waals surface area contributed by atoms with Crippen LogP contribution in [0, 0.1) is 20.8 Å². The van der Waals surface area contributed by atoms with E-state index < -0.39 is 11.5 Å². The van der Waals surface area contributed by atoms with E-state index in [0.29, 0.717) is 16.6 Å². The average molecular weight is 233 g/mol. The van der Waals surface area contributed by atoms with E-state index in [9.17, 15) is 9.59 Å². The Labute approximate surface area is 96.5 Å². The number of rotatable bonds is 1. The molecular weight excluding hydrogens is 222 g/mol. The molecule has 0 fully saturated rings. The molecule has 0 radical (unpaired) electrons. The lowest BCUT2D eigenvalue weighted by atomic mass is 10.1. The molecule has 6 nitrogen and oxygen atoms in total. The molecule has 0 atom stereocenters. The van der Waals surface area contributed by atoms with Crippen molar-refractivity contribution >= 4 is 17.0 Å². The first kappa shape index (κ1) is 11.3. The van der Waals surface area contributed by atoms with Gasteiger partial charge < -0.3 is 10.2 Å². The summed E-state index contributed by atoms with van der Waals surface area (Å²) in [4.78, 5) is 30.3. The highest BCUT2D eigenvalue weighted by Gasteiger charge is 2.15. The molecule has 2 heterocycles. The Balaban J connectivity index is 2.97. The first-order valence-electron chi connectivity index (χ1n) is 5.00. The summed E-state index contributed by atoms with van der Waals surface area (Å²) in [6, 6.07) is 0. The Kier molecular flexibility index (Phi) is 2.42. The van der Waals surface area contributed by atoms with E-state index in [-0.39, 0.29) is 11.5 Å². The number of carbonyl (C=O) groups excluding carboxylic acids is 1. The fourth-order valence-electron chi connectivity index (χ4n) is 1.67. The number of fused-ring (bicyclic) bond motifs is 1. The van der Waals surface area contributed by atoms with Gasteiger partial charge in [0.15, 0.2) is 0 Å². The fraction of sp³-hybridized carbons (Fsp3) is 0.273. The minimum Gasteiger partial charge on any atom is -0.403 e. The summed E-state index contributed by atoms with van der Waals surface area (Å²) in [7, 11) is 0. The van der Waals surface area contributed by atoms with Crippen LogP contribution in [0.2, 0.25) is 0 Å². The summed E-state index contributed by atoms with van der Waals surface area (Å²) in [6.07, 6.45) is 0. The van der Waals surface area contributed by atoms with Crippen molar-refractivity contribution in [2.24, 2.45) is 5.73 Å². The van der Waals surface area contributed by atoms with Gasteiger partial charge in [-0.2, -0.15) is 4.98 Å². The highest BCUT2D eigenvalue weighted by Crippen LogP contribution is 2.19. The molecule has 0 aliphatic carbocycles. The number of carbonyl (C=O) groups is 1. The van der Waals surface area contributed by atoms with Crippen LogP contribution < -0.4 is 11.4 Å². The third kappa shape index (κ3) is 1.67. The van der Waals surface area contributed by atoms with E-state index in [1.54, 1.807) is 20.8 Å². The number of primary amides is 1. The smallest absolute Gasteiger partial charge is 0.340 e. The van der Waals surface area contributed by atoms with Crippen molar-refractivity contribution in [1.29, 1.82) is 0 Å². The molecule has 2 N–H and O–H groups in total. The maximum Gasteiger partial charge on any atom is 0.340 e. The van der Waals surface area contributed by atoms with Crippen molar-refractivity contribution in [2.45, 2.75) is 20.8 Å². The molecule has 0 unspecified atom stereocenters. The summed E-state index contributed by atoms with van der Waals surface area (Å²) in [5.74, 6) is -0.905. The number of nitrogens with zero attached hydrogens (tertiary/aromatic N) is 2. The third-order valence-electron chi connectivity index (χ3n) is 2.71. The summed E-state index contributed by atoms with van der Waals surface area (Å²) in [5, 5.41) is 0.645. The highest BCUT2D eigenvalue weighted by molar-refractivity contribution is 5.91. The molecule has 0 bridgehead atoms. The number of aryl methyl sites for hydroxylation is 2. The Morgan fingerprint density at radius 1 is 1.18 bits per heavy atom. The lowest BCUT2D eigenvalue weighted by Crippen LogP contribution is -2.17. The Morgan fingerprint density at radius 2 is 1.82 bits per heavy atom. The van der Waals surface area contributed by atoms with Gasteiger partial charge in [-0.3, -0.25) is 4.79 Å². The van der Waals surface area contributed by atoms with Gasteiger partial charge in [-0.05, 0) is 26.3 Å². The molecular formula is C11H11N3O3. The van der Waals surface area contributed by atoms with E-state index in [1.165, 1.54) is 0 Å².